The van der Waals surface area contributed by atoms with E-state index in [9.17, 15) is 0 Å². The van der Waals surface area contributed by atoms with Crippen LogP contribution in [0.25, 0.3) is 0 Å². The number of unbranched alkanes of at least 4 members (excludes halogenated alkanes) is 9. The van der Waals surface area contributed by atoms with Crippen molar-refractivity contribution in [1.29, 1.82) is 0 Å². The second kappa shape index (κ2) is 36.2. The maximum absolute atomic E-state index is 8.25. The van der Waals surface area contributed by atoms with E-state index in [1.807, 2.05) is 0 Å². The Bertz CT molecular complexity index is 144. The van der Waals surface area contributed by atoms with Gasteiger partial charge in [0.1, 0.15) is 0 Å². The minimum absolute atomic E-state index is 0. The van der Waals surface area contributed by atoms with Crippen molar-refractivity contribution in [2.75, 3.05) is 6.54 Å². The Labute approximate surface area is 133 Å². The van der Waals surface area contributed by atoms with Crippen molar-refractivity contribution >= 4 is 12.9 Å². The predicted molar refractivity (Wildman–Crippen MR) is 73.0 cm³/mol. The molecule has 0 aromatic rings. The van der Waals surface area contributed by atoms with Crippen LogP contribution < -0.4 is 15.9 Å². The molecule has 0 rings (SSSR count). The van der Waals surface area contributed by atoms with Crippen LogP contribution in [-0.4, -0.2) is 19.5 Å². The normalized spacial score (nSPS) is 8.10. The number of carboxylic acid groups (broad SMARTS) is 2. The summed E-state index contributed by atoms with van der Waals surface area (Å²) in [5.41, 5.74) is 5.42. The predicted octanol–water partition coefficient (Wildman–Crippen LogP) is 0.596. The molecule has 0 aromatic heterocycles. The van der Waals surface area contributed by atoms with Crippen molar-refractivity contribution in [3.8, 4) is 0 Å². The van der Waals surface area contributed by atoms with E-state index < -0.39 is 12.9 Å². The van der Waals surface area contributed by atoms with Gasteiger partial charge in [0.2, 0.25) is 0 Å². The zero-order valence-electron chi connectivity index (χ0n) is 12.4. The van der Waals surface area contributed by atoms with Gasteiger partial charge in [-0.15, -0.1) is 0 Å². The Morgan fingerprint density at radius 1 is 0.750 bits per heavy atom. The summed E-state index contributed by atoms with van der Waals surface area (Å²) in [6, 6.07) is 0. The molecule has 0 aliphatic rings. The quantitative estimate of drug-likeness (QED) is 0.356. The van der Waals surface area contributed by atoms with Gasteiger partial charge in [0, 0.05) is 12.9 Å². The van der Waals surface area contributed by atoms with Crippen molar-refractivity contribution in [2.24, 2.45) is 5.73 Å². The molecule has 0 atom stereocenters. The fourth-order valence-electron chi connectivity index (χ4n) is 1.63. The Balaban J connectivity index is -0.000000156. The van der Waals surface area contributed by atoms with E-state index in [0.29, 0.717) is 0 Å². The van der Waals surface area contributed by atoms with Crippen LogP contribution in [0.1, 0.15) is 71.1 Å². The molecule has 125 valence electrons. The van der Waals surface area contributed by atoms with E-state index in [1.54, 1.807) is 0 Å². The Morgan fingerprint density at radius 3 is 1.25 bits per heavy atom. The van der Waals surface area contributed by atoms with Gasteiger partial charge < -0.3 is 25.5 Å². The standard InChI is InChI=1S/C12H27N.2CH2O2.Cu/c1-2-3-4-5-6-7-8-9-10-11-12-13;2*2-1-3;/h2-13H2,1H3;2*1H,(H,2,3);/q;;;+2/p-2. The first kappa shape index (κ1) is 27.7. The summed E-state index contributed by atoms with van der Waals surface area (Å²) in [7, 11) is 0. The fourth-order valence-corrected chi connectivity index (χ4v) is 1.63. The third kappa shape index (κ3) is 52.9. The van der Waals surface area contributed by atoms with E-state index in [-0.39, 0.29) is 17.1 Å². The van der Waals surface area contributed by atoms with Crippen LogP contribution in [0.15, 0.2) is 0 Å². The van der Waals surface area contributed by atoms with Crippen LogP contribution in [0.4, 0.5) is 0 Å². The van der Waals surface area contributed by atoms with Crippen LogP contribution >= 0.6 is 0 Å². The van der Waals surface area contributed by atoms with Gasteiger partial charge in [-0.2, -0.15) is 0 Å². The van der Waals surface area contributed by atoms with Gasteiger partial charge in [-0.05, 0) is 13.0 Å². The average molecular weight is 339 g/mol. The molecule has 0 saturated heterocycles. The number of carbonyl (C=O) groups is 2. The van der Waals surface area contributed by atoms with Crippen molar-refractivity contribution in [3.05, 3.63) is 0 Å². The second-order valence-electron chi connectivity index (χ2n) is 4.16. The molecule has 0 aliphatic carbocycles. The van der Waals surface area contributed by atoms with Gasteiger partial charge in [0.25, 0.3) is 0 Å². The molecular weight excluding hydrogens is 310 g/mol. The first-order valence-electron chi connectivity index (χ1n) is 7.06. The Kier molecular flexibility index (Phi) is 50.2. The van der Waals surface area contributed by atoms with Gasteiger partial charge in [0.05, 0.1) is 0 Å². The average Bonchev–Trinajstić information content (AvgIpc) is 2.39. The van der Waals surface area contributed by atoms with Crippen LogP contribution in [0, 0.1) is 0 Å². The van der Waals surface area contributed by atoms with Gasteiger partial charge in [0.15, 0.2) is 0 Å². The van der Waals surface area contributed by atoms with Crippen LogP contribution in [-0.2, 0) is 26.7 Å². The van der Waals surface area contributed by atoms with E-state index in [4.69, 9.17) is 25.5 Å². The van der Waals surface area contributed by atoms with E-state index in [0.717, 1.165) is 6.54 Å². The molecule has 2 N–H and O–H groups in total. The van der Waals surface area contributed by atoms with Gasteiger partial charge in [-0.25, -0.2) is 0 Å². The van der Waals surface area contributed by atoms with Crippen molar-refractivity contribution in [3.63, 3.8) is 0 Å². The second-order valence-corrected chi connectivity index (χ2v) is 4.16. The van der Waals surface area contributed by atoms with Gasteiger partial charge in [-0.3, -0.25) is 0 Å². The molecule has 0 bridgehead atoms. The molecule has 6 heteroatoms. The van der Waals surface area contributed by atoms with Gasteiger partial charge in [-0.1, -0.05) is 64.7 Å². The SMILES string of the molecule is CCCCCCCCCCCCN.O=C[O-].O=C[O-].[Cu+2]. The number of nitrogens with two attached hydrogens (primary N) is 1. The summed E-state index contributed by atoms with van der Waals surface area (Å²) < 4.78 is 0. The molecule has 0 spiro atoms. The number of carbonyl (C=O) groups excluding carboxylic acids is 2. The number of hydrogen-bond donors (Lipinski definition) is 1. The summed E-state index contributed by atoms with van der Waals surface area (Å²) >= 11 is 0. The maximum atomic E-state index is 8.25. The first-order valence-corrected chi connectivity index (χ1v) is 7.06. The topological polar surface area (TPSA) is 106 Å². The molecule has 0 fully saturated rings. The molecule has 0 amide bonds. The molecule has 1 radical (unpaired) electrons. The zero-order chi connectivity index (χ0) is 15.2. The molecule has 0 aliphatic heterocycles. The largest absolute Gasteiger partial charge is 2.00 e. The van der Waals surface area contributed by atoms with Crippen molar-refractivity contribution in [2.45, 2.75) is 71.1 Å². The minimum Gasteiger partial charge on any atom is -0.554 e. The molecule has 0 unspecified atom stereocenters. The summed E-state index contributed by atoms with van der Waals surface area (Å²) in [6.45, 7) is 2.14. The smallest absolute Gasteiger partial charge is 0.554 e. The Hall–Kier alpha value is -0.581. The minimum atomic E-state index is -0.500. The van der Waals surface area contributed by atoms with E-state index in [1.165, 1.54) is 64.2 Å². The summed E-state index contributed by atoms with van der Waals surface area (Å²) in [5, 5.41) is 16.5. The fraction of sp³-hybridized carbons (Fsp3) is 0.857. The zero-order valence-corrected chi connectivity index (χ0v) is 13.4. The van der Waals surface area contributed by atoms with Crippen LogP contribution in [0.2, 0.25) is 0 Å². The monoisotopic (exact) mass is 338 g/mol. The molecule has 20 heavy (non-hydrogen) atoms. The molecule has 0 heterocycles. The van der Waals surface area contributed by atoms with Crippen molar-refractivity contribution in [1.82, 2.24) is 0 Å². The molecule has 0 aromatic carbocycles. The molecule has 5 nitrogen and oxygen atoms in total. The maximum Gasteiger partial charge on any atom is 2.00 e. The third-order valence-electron chi connectivity index (χ3n) is 2.56. The van der Waals surface area contributed by atoms with Gasteiger partial charge >= 0.3 is 17.1 Å². The number of hydrogen-bond acceptors (Lipinski definition) is 5. The third-order valence-corrected chi connectivity index (χ3v) is 2.56. The summed E-state index contributed by atoms with van der Waals surface area (Å²) in [4.78, 5) is 16.5. The van der Waals surface area contributed by atoms with Crippen LogP contribution in [0.5, 0.6) is 0 Å². The first-order chi connectivity index (χ1) is 9.24. The van der Waals surface area contributed by atoms with E-state index in [2.05, 4.69) is 6.92 Å². The molecular formula is C14H29CuNO4. The van der Waals surface area contributed by atoms with Crippen LogP contribution in [0.3, 0.4) is 0 Å². The van der Waals surface area contributed by atoms with Crippen molar-refractivity contribution < 1.29 is 36.9 Å². The summed E-state index contributed by atoms with van der Waals surface area (Å²) in [5.74, 6) is 0. The summed E-state index contributed by atoms with van der Waals surface area (Å²) in [6.07, 6.45) is 13.9. The van der Waals surface area contributed by atoms with E-state index >= 15 is 0 Å². The Morgan fingerprint density at radius 2 is 1.00 bits per heavy atom. The molecule has 0 saturated carbocycles. The number of rotatable bonds is 10.